The molecule has 0 saturated carbocycles. The van der Waals surface area contributed by atoms with E-state index in [1.54, 1.807) is 6.19 Å². The Morgan fingerprint density at radius 2 is 1.18 bits per heavy atom. The molecule has 0 N–H and O–H groups in total. The molecule has 0 aliphatic heterocycles. The standard InChI is InChI=1S/C20H8F4N4/c1-26-28-20-9-17(11-2-13(21)6-14(22)3-11)19(27-10-25)8-18(20)12-4-15(23)7-16(24)5-12/h2-9H/b27-19?,28-20+. The van der Waals surface area contributed by atoms with Crippen LogP contribution in [-0.2, 0) is 0 Å². The number of nitrogens with zero attached hydrogens (tertiary/aromatic N) is 4. The van der Waals surface area contributed by atoms with Crippen LogP contribution in [0.3, 0.4) is 0 Å². The molecule has 136 valence electrons. The van der Waals surface area contributed by atoms with Crippen LogP contribution in [0.4, 0.5) is 17.6 Å². The molecule has 0 fully saturated rings. The fourth-order valence-corrected chi connectivity index (χ4v) is 2.74. The van der Waals surface area contributed by atoms with Crippen LogP contribution in [0.1, 0.15) is 11.1 Å². The fourth-order valence-electron chi connectivity index (χ4n) is 2.74. The van der Waals surface area contributed by atoms with Gasteiger partial charge in [-0.25, -0.2) is 17.6 Å². The number of halogens is 4. The van der Waals surface area contributed by atoms with Crippen LogP contribution in [0.25, 0.3) is 16.1 Å². The van der Waals surface area contributed by atoms with Crippen molar-refractivity contribution in [3.05, 3.63) is 94.5 Å². The quantitative estimate of drug-likeness (QED) is 0.240. The highest BCUT2D eigenvalue weighted by Gasteiger charge is 2.23. The summed E-state index contributed by atoms with van der Waals surface area (Å²) >= 11 is 0. The van der Waals surface area contributed by atoms with E-state index in [0.717, 1.165) is 24.3 Å². The molecule has 2 aromatic rings. The maximum atomic E-state index is 13.6. The Hall–Kier alpha value is -4.04. The molecule has 0 radical (unpaired) electrons. The second-order valence-electron chi connectivity index (χ2n) is 5.61. The van der Waals surface area contributed by atoms with Gasteiger partial charge in [0.1, 0.15) is 23.3 Å². The van der Waals surface area contributed by atoms with Gasteiger partial charge in [0.25, 0.3) is 0 Å². The van der Waals surface area contributed by atoms with Crippen molar-refractivity contribution in [1.29, 1.82) is 5.26 Å². The van der Waals surface area contributed by atoms with Gasteiger partial charge in [-0.2, -0.15) is 16.8 Å². The van der Waals surface area contributed by atoms with E-state index >= 15 is 0 Å². The third kappa shape index (κ3) is 3.87. The highest BCUT2D eigenvalue weighted by Crippen LogP contribution is 2.30. The maximum Gasteiger partial charge on any atom is 0.206 e. The minimum absolute atomic E-state index is 0.00319. The Kier molecular flexibility index (Phi) is 5.14. The molecular weight excluding hydrogens is 372 g/mol. The van der Waals surface area contributed by atoms with Crippen molar-refractivity contribution >= 4 is 22.6 Å². The minimum Gasteiger partial charge on any atom is -0.207 e. The van der Waals surface area contributed by atoms with Crippen molar-refractivity contribution in [1.82, 2.24) is 0 Å². The average molecular weight is 380 g/mol. The topological polar surface area (TPSA) is 52.9 Å². The van der Waals surface area contributed by atoms with E-state index in [1.807, 2.05) is 0 Å². The van der Waals surface area contributed by atoms with E-state index in [-0.39, 0.29) is 33.7 Å². The molecule has 3 rings (SSSR count). The molecule has 28 heavy (non-hydrogen) atoms. The van der Waals surface area contributed by atoms with E-state index in [4.69, 9.17) is 11.8 Å². The van der Waals surface area contributed by atoms with Crippen LogP contribution in [0.2, 0.25) is 0 Å². The van der Waals surface area contributed by atoms with E-state index in [9.17, 15) is 17.6 Å². The molecule has 1 aliphatic carbocycles. The Labute approximate surface area is 156 Å². The van der Waals surface area contributed by atoms with E-state index in [2.05, 4.69) is 15.0 Å². The van der Waals surface area contributed by atoms with E-state index < -0.39 is 23.3 Å². The minimum atomic E-state index is -0.849. The van der Waals surface area contributed by atoms with Crippen molar-refractivity contribution in [3.8, 4) is 6.19 Å². The fraction of sp³-hybridized carbons (Fsp3) is 0. The van der Waals surface area contributed by atoms with Gasteiger partial charge in [-0.05, 0) is 47.5 Å². The molecule has 0 bridgehead atoms. The monoisotopic (exact) mass is 380 g/mol. The average Bonchev–Trinajstić information content (AvgIpc) is 2.61. The molecule has 4 nitrogen and oxygen atoms in total. The maximum absolute atomic E-state index is 13.6. The van der Waals surface area contributed by atoms with Gasteiger partial charge >= 0.3 is 0 Å². The largest absolute Gasteiger partial charge is 0.207 e. The molecule has 0 saturated heterocycles. The molecule has 2 aromatic carbocycles. The molecule has 0 heterocycles. The van der Waals surface area contributed by atoms with Gasteiger partial charge in [-0.1, -0.05) is 0 Å². The summed E-state index contributed by atoms with van der Waals surface area (Å²) in [6.07, 6.45) is 4.13. The predicted molar refractivity (Wildman–Crippen MR) is 95.8 cm³/mol. The number of hydrogen-bond donors (Lipinski definition) is 0. The summed E-state index contributed by atoms with van der Waals surface area (Å²) in [4.78, 5) is 6.55. The molecule has 0 amide bonds. The Morgan fingerprint density at radius 1 is 0.750 bits per heavy atom. The van der Waals surface area contributed by atoms with Crippen molar-refractivity contribution < 1.29 is 17.6 Å². The first-order valence-corrected chi connectivity index (χ1v) is 7.69. The molecule has 0 spiro atoms. The second-order valence-corrected chi connectivity index (χ2v) is 5.61. The highest BCUT2D eigenvalue weighted by atomic mass is 19.1. The second kappa shape index (κ2) is 7.68. The van der Waals surface area contributed by atoms with Crippen LogP contribution in [0.15, 0.2) is 58.6 Å². The number of rotatable bonds is 2. The van der Waals surface area contributed by atoms with Gasteiger partial charge in [0, 0.05) is 23.3 Å². The van der Waals surface area contributed by atoms with Gasteiger partial charge in [0.05, 0.1) is 10.8 Å². The molecule has 1 aliphatic rings. The Bertz CT molecular complexity index is 1040. The van der Waals surface area contributed by atoms with Crippen LogP contribution in [0, 0.1) is 41.3 Å². The summed E-state index contributed by atoms with van der Waals surface area (Å²) < 4.78 is 54.5. The van der Waals surface area contributed by atoms with Gasteiger partial charge < -0.3 is 0 Å². The summed E-state index contributed by atoms with van der Waals surface area (Å²) in [6.45, 7) is 6.98. The lowest BCUT2D eigenvalue weighted by atomic mass is 9.88. The third-order valence-corrected chi connectivity index (χ3v) is 3.79. The first-order valence-electron chi connectivity index (χ1n) is 7.69. The lowest BCUT2D eigenvalue weighted by Crippen LogP contribution is -2.13. The number of allylic oxidation sites excluding steroid dienone is 4. The number of benzene rings is 2. The number of aliphatic imine (C=N–C) groups is 1. The van der Waals surface area contributed by atoms with Crippen LogP contribution in [-0.4, -0.2) is 11.4 Å². The zero-order valence-electron chi connectivity index (χ0n) is 13.9. The van der Waals surface area contributed by atoms with Crippen molar-refractivity contribution in [2.45, 2.75) is 0 Å². The van der Waals surface area contributed by atoms with Crippen molar-refractivity contribution in [2.24, 2.45) is 10.1 Å². The summed E-state index contributed by atoms with van der Waals surface area (Å²) in [7, 11) is 0. The van der Waals surface area contributed by atoms with E-state index in [0.29, 0.717) is 12.1 Å². The van der Waals surface area contributed by atoms with Crippen LogP contribution < -0.4 is 0 Å². The van der Waals surface area contributed by atoms with Gasteiger partial charge in [-0.3, -0.25) is 0 Å². The lowest BCUT2D eigenvalue weighted by Gasteiger charge is -2.16. The summed E-state index contributed by atoms with van der Waals surface area (Å²) in [6, 6.07) is 5.46. The normalized spacial score (nSPS) is 16.4. The Balaban J connectivity index is 2.23. The number of nitriles is 1. The highest BCUT2D eigenvalue weighted by molar-refractivity contribution is 6.46. The first kappa shape index (κ1) is 18.7. The third-order valence-electron chi connectivity index (χ3n) is 3.79. The summed E-state index contributed by atoms with van der Waals surface area (Å²) in [5.74, 6) is -3.40. The van der Waals surface area contributed by atoms with Crippen molar-refractivity contribution in [2.75, 3.05) is 0 Å². The SMILES string of the molecule is [C-]#[N+]/N=C1\C=C(c2cc(F)cc(F)c2)C(=NC#N)C=C1c1cc(F)cc(F)c1. The van der Waals surface area contributed by atoms with Crippen molar-refractivity contribution in [3.63, 3.8) is 0 Å². The zero-order valence-corrected chi connectivity index (χ0v) is 13.9. The van der Waals surface area contributed by atoms with Crippen LogP contribution >= 0.6 is 0 Å². The van der Waals surface area contributed by atoms with Gasteiger partial charge in [0.15, 0.2) is 5.71 Å². The zero-order chi connectivity index (χ0) is 20.3. The molecule has 0 aromatic heterocycles. The lowest BCUT2D eigenvalue weighted by molar-refractivity contribution is 0.582. The predicted octanol–water partition coefficient (Wildman–Crippen LogP) is 4.92. The molecule has 0 unspecified atom stereocenters. The smallest absolute Gasteiger partial charge is 0.206 e. The summed E-state index contributed by atoms with van der Waals surface area (Å²) in [5, 5.41) is 12.6. The molecule has 8 heteroatoms. The van der Waals surface area contributed by atoms with Crippen LogP contribution in [0.5, 0.6) is 0 Å². The summed E-state index contributed by atoms with van der Waals surface area (Å²) in [5.41, 5.74) is 0.371. The molecule has 0 atom stereocenters. The first-order chi connectivity index (χ1) is 13.4. The number of hydrogen-bond acceptors (Lipinski definition) is 3. The Morgan fingerprint density at radius 3 is 1.61 bits per heavy atom. The molecular formula is C20H8F4N4. The van der Waals surface area contributed by atoms with E-state index in [1.165, 1.54) is 12.2 Å². The van der Waals surface area contributed by atoms with Gasteiger partial charge in [-0.15, -0.1) is 4.95 Å². The van der Waals surface area contributed by atoms with Gasteiger partial charge in [0.2, 0.25) is 6.19 Å².